The second-order valence-electron chi connectivity index (χ2n) is 34.9. The van der Waals surface area contributed by atoms with E-state index >= 15 is 0 Å². The Bertz CT molecular complexity index is 10400. The van der Waals surface area contributed by atoms with Crippen molar-refractivity contribution in [1.82, 2.24) is 13.7 Å². The number of rotatable bonds is 3. The first-order valence-electron chi connectivity index (χ1n) is 44.8. The molecular weight excluding hydrogens is 1630 g/mol. The van der Waals surface area contributed by atoms with E-state index in [1.165, 1.54) is 283 Å². The van der Waals surface area contributed by atoms with Gasteiger partial charge in [-0.1, -0.05) is 364 Å². The van der Waals surface area contributed by atoms with E-state index in [4.69, 9.17) is 0 Å². The number of hydrogen-bond acceptors (Lipinski definition) is 3. The van der Waals surface area contributed by atoms with Crippen LogP contribution >= 0.6 is 34.0 Å². The third kappa shape index (κ3) is 10.1. The predicted octanol–water partition coefficient (Wildman–Crippen LogP) is 36.4. The van der Waals surface area contributed by atoms with Gasteiger partial charge in [-0.25, -0.2) is 0 Å². The van der Waals surface area contributed by atoms with Gasteiger partial charge in [-0.15, -0.1) is 34.0 Å². The number of thiophene rings is 3. The lowest BCUT2D eigenvalue weighted by Gasteiger charge is -2.15. The van der Waals surface area contributed by atoms with Crippen LogP contribution in [0.5, 0.6) is 0 Å². The van der Waals surface area contributed by atoms with Crippen molar-refractivity contribution in [2.24, 2.45) is 0 Å². The van der Waals surface area contributed by atoms with Crippen LogP contribution in [-0.4, -0.2) is 13.7 Å². The first kappa shape index (κ1) is 72.1. The lowest BCUT2D eigenvalue weighted by Crippen LogP contribution is -1.95. The number of hydrogen-bond donors (Lipinski definition) is 0. The summed E-state index contributed by atoms with van der Waals surface area (Å²) in [5.41, 5.74) is 11.2. The molecule has 0 saturated heterocycles. The Morgan fingerprint density at radius 1 is 0.138 bits per heavy atom. The Kier molecular flexibility index (Phi) is 15.4. The van der Waals surface area contributed by atoms with Crippen molar-refractivity contribution >= 4 is 300 Å². The number of aromatic nitrogens is 3. The Balaban J connectivity index is 0.0000000962. The Hall–Kier alpha value is -16.1. The van der Waals surface area contributed by atoms with Gasteiger partial charge in [0.15, 0.2) is 0 Å². The molecule has 600 valence electrons. The maximum Gasteiger partial charge on any atom is 0.0726 e. The highest BCUT2D eigenvalue weighted by molar-refractivity contribution is 7.28. The van der Waals surface area contributed by atoms with Crippen molar-refractivity contribution < 1.29 is 0 Å². The van der Waals surface area contributed by atoms with Gasteiger partial charge in [0, 0.05) is 128 Å². The van der Waals surface area contributed by atoms with Crippen molar-refractivity contribution in [2.45, 2.75) is 0 Å². The molecule has 0 atom stereocenters. The summed E-state index contributed by atoms with van der Waals surface area (Å²) < 4.78 is 15.6. The maximum atomic E-state index is 2.55. The van der Waals surface area contributed by atoms with Crippen molar-refractivity contribution in [2.75, 3.05) is 0 Å². The van der Waals surface area contributed by atoms with E-state index in [9.17, 15) is 0 Å². The van der Waals surface area contributed by atoms with E-state index in [2.05, 4.69) is 444 Å². The van der Waals surface area contributed by atoms with E-state index in [1.807, 2.05) is 34.0 Å². The second kappa shape index (κ2) is 27.7. The fourth-order valence-electron chi connectivity index (χ4n) is 23.1. The molecular formula is C124H71N3S3. The van der Waals surface area contributed by atoms with Crippen molar-refractivity contribution in [3.8, 4) is 17.1 Å². The van der Waals surface area contributed by atoms with E-state index in [-0.39, 0.29) is 0 Å². The number of nitrogens with zero attached hydrogens (tertiary/aromatic N) is 3. The smallest absolute Gasteiger partial charge is 0.0726 e. The van der Waals surface area contributed by atoms with E-state index in [1.54, 1.807) is 0 Å². The molecule has 130 heavy (non-hydrogen) atoms. The minimum atomic E-state index is 1.19. The highest BCUT2D eigenvalue weighted by Crippen LogP contribution is 2.57. The number of para-hydroxylation sites is 3. The molecule has 0 fully saturated rings. The summed E-state index contributed by atoms with van der Waals surface area (Å²) in [7, 11) is 0. The summed E-state index contributed by atoms with van der Waals surface area (Å²) >= 11 is 5.78. The van der Waals surface area contributed by atoms with Gasteiger partial charge in [0.25, 0.3) is 0 Å². The number of benzene rings is 25. The summed E-state index contributed by atoms with van der Waals surface area (Å²) in [5.74, 6) is 0. The molecule has 6 heterocycles. The van der Waals surface area contributed by atoms with Gasteiger partial charge in [-0.2, -0.15) is 0 Å². The standard InChI is InChI=1S/C44H25NS.2C40H23NS/c1-2-12-29-26(11-1)21-22-27-25-28(23-24-30(27)29)45-37-19-9-7-17-35(37)41-39-33-15-5-3-13-31(33)32-14-4-6-16-34(32)40(39)42-36-18-8-10-20-38(36)46-44(42)43(41)45;1-2-14-25-24(12-1)13-11-22-32(25)41-33-21-9-7-19-30(33)37-35-28-17-5-3-15-26(28)27-16-4-6-18-29(27)36(35)38-31-20-8-10-23-34(31)42-40(38)39(37)41;1-2-12-25-23-26(22-21-24(25)11-1)41-33-19-9-7-17-31(33)37-35-29-15-5-3-13-27(29)28-14-4-6-16-30(28)36(35)38-32-18-8-10-20-34(32)42-40(38)39(37)41/h1-25H;2*1-23H. The molecule has 0 saturated carbocycles. The molecule has 0 bridgehead atoms. The van der Waals surface area contributed by atoms with Gasteiger partial charge in [0.05, 0.1) is 52.9 Å². The first-order valence-corrected chi connectivity index (χ1v) is 47.2. The van der Waals surface area contributed by atoms with E-state index < -0.39 is 0 Å². The van der Waals surface area contributed by atoms with Crippen LogP contribution in [0.1, 0.15) is 0 Å². The molecule has 3 nitrogen and oxygen atoms in total. The molecule has 0 radical (unpaired) electrons. The van der Waals surface area contributed by atoms with Crippen molar-refractivity contribution in [3.63, 3.8) is 0 Å². The van der Waals surface area contributed by atoms with Crippen LogP contribution < -0.4 is 0 Å². The van der Waals surface area contributed by atoms with Gasteiger partial charge in [-0.3, -0.25) is 0 Å². The molecule has 0 N–H and O–H groups in total. The summed E-state index contributed by atoms with van der Waals surface area (Å²) in [6.07, 6.45) is 0. The fraction of sp³-hybridized carbons (Fsp3) is 0. The highest BCUT2D eigenvalue weighted by Gasteiger charge is 2.30. The van der Waals surface area contributed by atoms with Crippen LogP contribution in [0.4, 0.5) is 0 Å². The minimum absolute atomic E-state index is 1.19. The largest absolute Gasteiger partial charge is 0.308 e. The summed E-state index contributed by atoms with van der Waals surface area (Å²) in [4.78, 5) is 0. The minimum Gasteiger partial charge on any atom is -0.308 e. The molecule has 31 rings (SSSR count). The third-order valence-corrected chi connectivity index (χ3v) is 31.9. The lowest BCUT2D eigenvalue weighted by molar-refractivity contribution is 1.19. The SMILES string of the molecule is c1ccc2c(-n3c4ccccc4c4c5c6ccccc6c6ccccc6c5c5c6ccccc6sc5c43)cccc2c1.c1ccc2c(c1)ccc1cc(-n3c4ccccc4c4c5c6ccccc6c6ccccc6c5c5c6ccccc6sc5c43)ccc12.c1ccc2cc(-n3c4ccccc4c4c5c6ccccc6c6ccccc6c5c5c6ccccc6sc5c43)ccc2c1. The zero-order valence-electron chi connectivity index (χ0n) is 70.1. The molecule has 0 amide bonds. The van der Waals surface area contributed by atoms with Gasteiger partial charge in [0.2, 0.25) is 0 Å². The molecule has 6 aromatic heterocycles. The first-order chi connectivity index (χ1) is 64.6. The van der Waals surface area contributed by atoms with Crippen LogP contribution in [0.25, 0.3) is 283 Å². The fourth-order valence-corrected chi connectivity index (χ4v) is 26.9. The monoisotopic (exact) mass is 1700 g/mol. The molecule has 0 aliphatic rings. The van der Waals surface area contributed by atoms with E-state index in [0.717, 1.165) is 0 Å². The Morgan fingerprint density at radius 3 is 0.800 bits per heavy atom. The quantitative estimate of drug-likeness (QED) is 0.157. The zero-order chi connectivity index (χ0) is 84.7. The normalized spacial score (nSPS) is 12.3. The average Bonchev–Trinajstić information content (AvgIpc) is 1.52. The van der Waals surface area contributed by atoms with E-state index in [0.29, 0.717) is 0 Å². The Labute approximate surface area is 755 Å². The summed E-state index contributed by atoms with van der Waals surface area (Å²) in [6.45, 7) is 0. The van der Waals surface area contributed by atoms with Crippen LogP contribution in [-0.2, 0) is 0 Å². The highest BCUT2D eigenvalue weighted by atomic mass is 32.1. The second-order valence-corrected chi connectivity index (χ2v) is 38.0. The van der Waals surface area contributed by atoms with Crippen LogP contribution in [0.2, 0.25) is 0 Å². The molecule has 0 aliphatic heterocycles. The zero-order valence-corrected chi connectivity index (χ0v) is 72.5. The predicted molar refractivity (Wildman–Crippen MR) is 569 cm³/mol. The molecule has 0 spiro atoms. The molecule has 31 aromatic rings. The van der Waals surface area contributed by atoms with Crippen LogP contribution in [0, 0.1) is 0 Å². The Morgan fingerprint density at radius 2 is 0.392 bits per heavy atom. The van der Waals surface area contributed by atoms with Crippen molar-refractivity contribution in [3.05, 3.63) is 431 Å². The van der Waals surface area contributed by atoms with Gasteiger partial charge < -0.3 is 13.7 Å². The van der Waals surface area contributed by atoms with Crippen LogP contribution in [0.15, 0.2) is 431 Å². The van der Waals surface area contributed by atoms with Crippen molar-refractivity contribution in [1.29, 1.82) is 0 Å². The lowest BCUT2D eigenvalue weighted by atomic mass is 9.89. The summed E-state index contributed by atoms with van der Waals surface area (Å²) in [6, 6.07) is 159. The average molecular weight is 1700 g/mol. The molecule has 0 unspecified atom stereocenters. The topological polar surface area (TPSA) is 14.8 Å². The molecule has 6 heteroatoms. The maximum absolute atomic E-state index is 2.55. The number of fused-ring (bicyclic) bond motifs is 50. The third-order valence-electron chi connectivity index (χ3n) is 28.3. The molecule has 25 aromatic carbocycles. The van der Waals surface area contributed by atoms with Gasteiger partial charge >= 0.3 is 0 Å². The van der Waals surface area contributed by atoms with Gasteiger partial charge in [0.1, 0.15) is 0 Å². The molecule has 0 aliphatic carbocycles. The summed E-state index contributed by atoms with van der Waals surface area (Å²) in [5, 5.41) is 50.1. The van der Waals surface area contributed by atoms with Crippen LogP contribution in [0.3, 0.4) is 0 Å². The van der Waals surface area contributed by atoms with Gasteiger partial charge in [-0.05, 0) is 169 Å².